The molecule has 0 unspecified atom stereocenters. The number of hydrogen-bond acceptors (Lipinski definition) is 5. The molecule has 6 heteroatoms. The molecule has 1 saturated heterocycles. The predicted octanol–water partition coefficient (Wildman–Crippen LogP) is 3.31. The molecule has 134 valence electrons. The van der Waals surface area contributed by atoms with Gasteiger partial charge in [-0.05, 0) is 30.5 Å². The largest absolute Gasteiger partial charge is 0.369 e. The first kappa shape index (κ1) is 17.1. The number of para-hydroxylation sites is 2. The number of thioether (sulfide) groups is 1. The van der Waals surface area contributed by atoms with Gasteiger partial charge in [0.1, 0.15) is 0 Å². The molecule has 0 saturated carbocycles. The van der Waals surface area contributed by atoms with E-state index in [1.807, 2.05) is 12.3 Å². The minimum absolute atomic E-state index is 0.824. The molecule has 0 aliphatic carbocycles. The Morgan fingerprint density at radius 1 is 0.808 bits per heavy atom. The lowest BCUT2D eigenvalue weighted by Crippen LogP contribution is -2.46. The second-order valence-corrected chi connectivity index (χ2v) is 7.15. The van der Waals surface area contributed by atoms with Crippen molar-refractivity contribution < 1.29 is 0 Å². The summed E-state index contributed by atoms with van der Waals surface area (Å²) < 4.78 is 2.17. The first-order chi connectivity index (χ1) is 12.8. The molecular formula is C20H23N5S. The van der Waals surface area contributed by atoms with Crippen LogP contribution in [0.25, 0.3) is 5.69 Å². The normalized spacial score (nSPS) is 15.3. The molecule has 4 rings (SSSR count). The third-order valence-electron chi connectivity index (χ3n) is 4.76. The molecule has 1 fully saturated rings. The van der Waals surface area contributed by atoms with Crippen molar-refractivity contribution in [3.05, 3.63) is 66.5 Å². The van der Waals surface area contributed by atoms with Gasteiger partial charge >= 0.3 is 0 Å². The Labute approximate surface area is 158 Å². The van der Waals surface area contributed by atoms with Crippen LogP contribution in [0.2, 0.25) is 0 Å². The predicted molar refractivity (Wildman–Crippen MR) is 107 cm³/mol. The molecule has 2 aromatic carbocycles. The molecule has 0 amide bonds. The topological polar surface area (TPSA) is 37.2 Å². The zero-order chi connectivity index (χ0) is 17.8. The van der Waals surface area contributed by atoms with Crippen LogP contribution in [0.1, 0.15) is 5.82 Å². The van der Waals surface area contributed by atoms with Crippen LogP contribution in [0, 0.1) is 0 Å². The van der Waals surface area contributed by atoms with E-state index in [1.54, 1.807) is 11.8 Å². The molecule has 1 aliphatic heterocycles. The van der Waals surface area contributed by atoms with E-state index in [9.17, 15) is 0 Å². The maximum atomic E-state index is 4.47. The standard InChI is InChI=1S/C20H23N5S/c1-26-20-22-21-19(25(20)18-10-6-3-7-11-18)16-23-12-14-24(15-13-23)17-8-4-2-5-9-17/h2-11H,12-16H2,1H3. The van der Waals surface area contributed by atoms with Gasteiger partial charge in [0, 0.05) is 37.6 Å². The lowest BCUT2D eigenvalue weighted by molar-refractivity contribution is 0.242. The van der Waals surface area contributed by atoms with Crippen LogP contribution >= 0.6 is 11.8 Å². The summed E-state index contributed by atoms with van der Waals surface area (Å²) in [7, 11) is 0. The summed E-state index contributed by atoms with van der Waals surface area (Å²) in [6.07, 6.45) is 2.05. The van der Waals surface area contributed by atoms with Crippen LogP contribution in [0.3, 0.4) is 0 Å². The molecule has 0 bridgehead atoms. The van der Waals surface area contributed by atoms with Gasteiger partial charge in [0.25, 0.3) is 0 Å². The van der Waals surface area contributed by atoms with Crippen LogP contribution in [0.15, 0.2) is 65.8 Å². The Kier molecular flexibility index (Phi) is 5.22. The fourth-order valence-corrected chi connectivity index (χ4v) is 3.89. The van der Waals surface area contributed by atoms with Gasteiger partial charge in [0.05, 0.1) is 6.54 Å². The van der Waals surface area contributed by atoms with E-state index < -0.39 is 0 Å². The van der Waals surface area contributed by atoms with Crippen molar-refractivity contribution >= 4 is 17.4 Å². The second-order valence-electron chi connectivity index (χ2n) is 6.37. The molecule has 3 aromatic rings. The molecule has 2 heterocycles. The minimum atomic E-state index is 0.824. The highest BCUT2D eigenvalue weighted by Gasteiger charge is 2.21. The summed E-state index contributed by atoms with van der Waals surface area (Å²) in [6, 6.07) is 21.0. The van der Waals surface area contributed by atoms with Gasteiger partial charge in [-0.15, -0.1) is 10.2 Å². The molecule has 0 atom stereocenters. The second kappa shape index (κ2) is 7.93. The van der Waals surface area contributed by atoms with E-state index in [2.05, 4.69) is 79.2 Å². The molecule has 26 heavy (non-hydrogen) atoms. The Bertz CT molecular complexity index is 826. The van der Waals surface area contributed by atoms with Crippen molar-refractivity contribution in [1.29, 1.82) is 0 Å². The fraction of sp³-hybridized carbons (Fsp3) is 0.300. The lowest BCUT2D eigenvalue weighted by Gasteiger charge is -2.35. The molecule has 5 nitrogen and oxygen atoms in total. The Morgan fingerprint density at radius 3 is 2.04 bits per heavy atom. The van der Waals surface area contributed by atoms with E-state index in [0.717, 1.165) is 49.4 Å². The summed E-state index contributed by atoms with van der Waals surface area (Å²) >= 11 is 1.63. The quantitative estimate of drug-likeness (QED) is 0.649. The number of nitrogens with zero attached hydrogens (tertiary/aromatic N) is 5. The van der Waals surface area contributed by atoms with Crippen molar-refractivity contribution in [2.75, 3.05) is 37.3 Å². The van der Waals surface area contributed by atoms with Crippen molar-refractivity contribution in [2.24, 2.45) is 0 Å². The number of piperazine rings is 1. The van der Waals surface area contributed by atoms with Crippen LogP contribution in [-0.4, -0.2) is 52.1 Å². The third-order valence-corrected chi connectivity index (χ3v) is 5.39. The SMILES string of the molecule is CSc1nnc(CN2CCN(c3ccccc3)CC2)n1-c1ccccc1. The van der Waals surface area contributed by atoms with E-state index in [0.29, 0.717) is 0 Å². The lowest BCUT2D eigenvalue weighted by atomic mass is 10.2. The Hall–Kier alpha value is -2.31. The van der Waals surface area contributed by atoms with Gasteiger partial charge in [0.15, 0.2) is 11.0 Å². The summed E-state index contributed by atoms with van der Waals surface area (Å²) in [5.41, 5.74) is 2.43. The van der Waals surface area contributed by atoms with Gasteiger partial charge in [-0.2, -0.15) is 0 Å². The Balaban J connectivity index is 1.47. The number of benzene rings is 2. The van der Waals surface area contributed by atoms with Crippen LogP contribution in [-0.2, 0) is 6.54 Å². The van der Waals surface area contributed by atoms with Crippen LogP contribution in [0.5, 0.6) is 0 Å². The average molecular weight is 366 g/mol. The highest BCUT2D eigenvalue weighted by Crippen LogP contribution is 2.22. The van der Waals surface area contributed by atoms with E-state index in [4.69, 9.17) is 0 Å². The monoisotopic (exact) mass is 365 g/mol. The number of hydrogen-bond donors (Lipinski definition) is 0. The number of anilines is 1. The maximum Gasteiger partial charge on any atom is 0.195 e. The smallest absolute Gasteiger partial charge is 0.195 e. The van der Waals surface area contributed by atoms with Gasteiger partial charge in [0.2, 0.25) is 0 Å². The zero-order valence-corrected chi connectivity index (χ0v) is 15.8. The van der Waals surface area contributed by atoms with Crippen molar-refractivity contribution in [2.45, 2.75) is 11.7 Å². The van der Waals surface area contributed by atoms with Gasteiger partial charge in [-0.3, -0.25) is 9.47 Å². The average Bonchev–Trinajstić information content (AvgIpc) is 3.12. The Morgan fingerprint density at radius 2 is 1.42 bits per heavy atom. The minimum Gasteiger partial charge on any atom is -0.369 e. The van der Waals surface area contributed by atoms with Gasteiger partial charge < -0.3 is 4.90 Å². The van der Waals surface area contributed by atoms with E-state index in [-0.39, 0.29) is 0 Å². The highest BCUT2D eigenvalue weighted by atomic mass is 32.2. The molecule has 1 aliphatic rings. The molecular weight excluding hydrogens is 342 g/mol. The first-order valence-corrected chi connectivity index (χ1v) is 10.1. The van der Waals surface area contributed by atoms with Crippen molar-refractivity contribution in [3.8, 4) is 5.69 Å². The first-order valence-electron chi connectivity index (χ1n) is 8.91. The molecule has 0 N–H and O–H groups in total. The van der Waals surface area contributed by atoms with Gasteiger partial charge in [-0.1, -0.05) is 48.2 Å². The summed E-state index contributed by atoms with van der Waals surface area (Å²) in [4.78, 5) is 4.92. The summed E-state index contributed by atoms with van der Waals surface area (Å²) in [5, 5.41) is 9.79. The summed E-state index contributed by atoms with van der Waals surface area (Å²) in [5.74, 6) is 1.01. The number of rotatable bonds is 5. The molecule has 0 radical (unpaired) electrons. The fourth-order valence-electron chi connectivity index (χ4n) is 3.37. The zero-order valence-electron chi connectivity index (χ0n) is 15.0. The maximum absolute atomic E-state index is 4.47. The van der Waals surface area contributed by atoms with E-state index in [1.165, 1.54) is 5.69 Å². The van der Waals surface area contributed by atoms with Gasteiger partial charge in [-0.25, -0.2) is 0 Å². The van der Waals surface area contributed by atoms with Crippen molar-refractivity contribution in [1.82, 2.24) is 19.7 Å². The van der Waals surface area contributed by atoms with Crippen LogP contribution in [0.4, 0.5) is 5.69 Å². The third kappa shape index (κ3) is 3.61. The highest BCUT2D eigenvalue weighted by molar-refractivity contribution is 7.98. The summed E-state index contributed by atoms with van der Waals surface area (Å²) in [6.45, 7) is 4.97. The molecule has 0 spiro atoms. The van der Waals surface area contributed by atoms with Crippen molar-refractivity contribution in [3.63, 3.8) is 0 Å². The van der Waals surface area contributed by atoms with Crippen LogP contribution < -0.4 is 4.90 Å². The number of aromatic nitrogens is 3. The van der Waals surface area contributed by atoms with E-state index >= 15 is 0 Å². The molecule has 1 aromatic heterocycles.